The summed E-state index contributed by atoms with van der Waals surface area (Å²) in [5.41, 5.74) is 16.7. The first kappa shape index (κ1) is 41.7. The Morgan fingerprint density at radius 2 is 0.739 bits per heavy atom. The minimum Gasteiger partial charge on any atom is -0.456 e. The first-order valence-electron chi connectivity index (χ1n) is 23.8. The molecule has 0 aliphatic heterocycles. The van der Waals surface area contributed by atoms with E-state index < -0.39 is 0 Å². The maximum atomic E-state index is 6.83. The topological polar surface area (TPSA) is 19.6 Å². The molecule has 1 heterocycles. The molecule has 1 aromatic heterocycles. The van der Waals surface area contributed by atoms with Crippen molar-refractivity contribution in [2.45, 2.75) is 26.2 Å². The highest BCUT2D eigenvalue weighted by atomic mass is 16.3. The Morgan fingerprint density at radius 3 is 1.29 bits per heavy atom. The molecule has 0 atom stereocenters. The van der Waals surface area contributed by atoms with Crippen LogP contribution in [0.1, 0.15) is 26.3 Å². The predicted octanol–water partition coefficient (Wildman–Crippen LogP) is 19.1. The number of rotatable bonds is 9. The van der Waals surface area contributed by atoms with Gasteiger partial charge < -0.3 is 14.2 Å². The summed E-state index contributed by atoms with van der Waals surface area (Å²) in [6, 6.07) is 89.9. The van der Waals surface area contributed by atoms with Crippen molar-refractivity contribution in [1.29, 1.82) is 0 Å². The standard InChI is InChI=1S/C66H50N2O/c1-66(2,3)53-34-30-47(31-35-53)59-27-14-16-29-63(59)68(55-25-17-22-48(38-55)45-18-7-4-8-19-45)57-37-33-50-42-61-60-41-49-32-36-56(39-51(49)43-64(60)69-65(61)44-52(50)40-57)67(54-23-11-6-12-24-54)62-28-15-13-26-58(62)46-20-9-5-10-21-46/h4-44H,1-3H3. The molecule has 0 aliphatic carbocycles. The number of furan rings is 1. The summed E-state index contributed by atoms with van der Waals surface area (Å²) in [6.07, 6.45) is 0. The Kier molecular flexibility index (Phi) is 10.4. The molecule has 0 aliphatic rings. The Bertz CT molecular complexity index is 3810. The van der Waals surface area contributed by atoms with Crippen molar-refractivity contribution in [1.82, 2.24) is 0 Å². The summed E-state index contributed by atoms with van der Waals surface area (Å²) in [5, 5.41) is 6.76. The van der Waals surface area contributed by atoms with E-state index >= 15 is 0 Å². The van der Waals surface area contributed by atoms with Gasteiger partial charge in [0.05, 0.1) is 11.4 Å². The summed E-state index contributed by atoms with van der Waals surface area (Å²) in [6.45, 7) is 6.80. The summed E-state index contributed by atoms with van der Waals surface area (Å²) < 4.78 is 6.83. The van der Waals surface area contributed by atoms with Gasteiger partial charge in [0, 0.05) is 44.6 Å². The minimum absolute atomic E-state index is 0.0655. The van der Waals surface area contributed by atoms with E-state index in [1.54, 1.807) is 0 Å². The van der Waals surface area contributed by atoms with Crippen LogP contribution in [-0.4, -0.2) is 0 Å². The Hall–Kier alpha value is -8.66. The first-order chi connectivity index (χ1) is 33.8. The van der Waals surface area contributed by atoms with Crippen molar-refractivity contribution in [2.75, 3.05) is 9.80 Å². The molecule has 11 aromatic carbocycles. The maximum Gasteiger partial charge on any atom is 0.136 e. The number of nitrogens with zero attached hydrogens (tertiary/aromatic N) is 2. The van der Waals surface area contributed by atoms with Gasteiger partial charge in [-0.05, 0) is 140 Å². The van der Waals surface area contributed by atoms with E-state index in [1.165, 1.54) is 38.9 Å². The van der Waals surface area contributed by atoms with Crippen LogP contribution in [0.2, 0.25) is 0 Å². The van der Waals surface area contributed by atoms with E-state index in [4.69, 9.17) is 4.42 Å². The molecule has 0 saturated carbocycles. The zero-order chi connectivity index (χ0) is 46.5. The van der Waals surface area contributed by atoms with Crippen molar-refractivity contribution in [3.8, 4) is 33.4 Å². The van der Waals surface area contributed by atoms with E-state index in [0.717, 1.165) is 77.6 Å². The van der Waals surface area contributed by atoms with Gasteiger partial charge >= 0.3 is 0 Å². The van der Waals surface area contributed by atoms with Gasteiger partial charge in [-0.1, -0.05) is 185 Å². The molecule has 69 heavy (non-hydrogen) atoms. The van der Waals surface area contributed by atoms with Gasteiger partial charge in [0.25, 0.3) is 0 Å². The van der Waals surface area contributed by atoms with E-state index in [-0.39, 0.29) is 5.41 Å². The molecule has 330 valence electrons. The van der Waals surface area contributed by atoms with Crippen LogP contribution >= 0.6 is 0 Å². The lowest BCUT2D eigenvalue weighted by Crippen LogP contribution is -2.12. The van der Waals surface area contributed by atoms with Crippen molar-refractivity contribution in [3.63, 3.8) is 0 Å². The molecule has 0 unspecified atom stereocenters. The molecule has 12 aromatic rings. The third kappa shape index (κ3) is 7.88. The van der Waals surface area contributed by atoms with Crippen LogP contribution in [0.3, 0.4) is 0 Å². The summed E-state index contributed by atoms with van der Waals surface area (Å²) in [7, 11) is 0. The third-order valence-corrected chi connectivity index (χ3v) is 13.5. The molecule has 0 bridgehead atoms. The van der Waals surface area contributed by atoms with E-state index in [9.17, 15) is 0 Å². The number of fused-ring (bicyclic) bond motifs is 5. The molecule has 0 radical (unpaired) electrons. The molecular weight excluding hydrogens is 837 g/mol. The minimum atomic E-state index is 0.0655. The lowest BCUT2D eigenvalue weighted by molar-refractivity contribution is 0.590. The van der Waals surface area contributed by atoms with Crippen molar-refractivity contribution in [3.05, 3.63) is 254 Å². The number of hydrogen-bond acceptors (Lipinski definition) is 3. The lowest BCUT2D eigenvalue weighted by atomic mass is 9.86. The van der Waals surface area contributed by atoms with Crippen molar-refractivity contribution < 1.29 is 4.42 Å². The Labute approximate surface area is 403 Å². The molecule has 0 fully saturated rings. The van der Waals surface area contributed by atoms with Gasteiger partial charge in [-0.3, -0.25) is 0 Å². The van der Waals surface area contributed by atoms with Crippen LogP contribution in [0.15, 0.2) is 253 Å². The molecule has 12 rings (SSSR count). The van der Waals surface area contributed by atoms with Gasteiger partial charge in [-0.15, -0.1) is 0 Å². The molecule has 3 heteroatoms. The number of hydrogen-bond donors (Lipinski definition) is 0. The van der Waals surface area contributed by atoms with Crippen molar-refractivity contribution >= 4 is 77.6 Å². The molecule has 0 spiro atoms. The average Bonchev–Trinajstić information content (AvgIpc) is 3.74. The van der Waals surface area contributed by atoms with Gasteiger partial charge in [-0.2, -0.15) is 0 Å². The van der Waals surface area contributed by atoms with E-state index in [1.807, 2.05) is 0 Å². The highest BCUT2D eigenvalue weighted by Gasteiger charge is 2.22. The number of anilines is 6. The van der Waals surface area contributed by atoms with Crippen LogP contribution in [0.5, 0.6) is 0 Å². The second-order valence-corrected chi connectivity index (χ2v) is 19.0. The van der Waals surface area contributed by atoms with Crippen LogP contribution in [0.4, 0.5) is 34.1 Å². The van der Waals surface area contributed by atoms with Gasteiger partial charge in [-0.25, -0.2) is 0 Å². The van der Waals surface area contributed by atoms with Crippen LogP contribution in [-0.2, 0) is 5.41 Å². The van der Waals surface area contributed by atoms with Crippen LogP contribution in [0.25, 0.3) is 76.9 Å². The third-order valence-electron chi connectivity index (χ3n) is 13.5. The van der Waals surface area contributed by atoms with Crippen LogP contribution in [0, 0.1) is 0 Å². The van der Waals surface area contributed by atoms with Crippen LogP contribution < -0.4 is 9.80 Å². The van der Waals surface area contributed by atoms with Crippen molar-refractivity contribution in [2.24, 2.45) is 0 Å². The lowest BCUT2D eigenvalue weighted by Gasteiger charge is -2.29. The molecule has 0 amide bonds. The highest BCUT2D eigenvalue weighted by Crippen LogP contribution is 2.45. The normalized spacial score (nSPS) is 11.7. The van der Waals surface area contributed by atoms with E-state index in [0.29, 0.717) is 0 Å². The first-order valence-corrected chi connectivity index (χ1v) is 23.8. The summed E-state index contributed by atoms with van der Waals surface area (Å²) in [4.78, 5) is 4.76. The van der Waals surface area contributed by atoms with Gasteiger partial charge in [0.1, 0.15) is 11.2 Å². The van der Waals surface area contributed by atoms with E-state index in [2.05, 4.69) is 279 Å². The average molecular weight is 887 g/mol. The summed E-state index contributed by atoms with van der Waals surface area (Å²) in [5.74, 6) is 0. The second-order valence-electron chi connectivity index (χ2n) is 19.0. The highest BCUT2D eigenvalue weighted by molar-refractivity contribution is 6.14. The van der Waals surface area contributed by atoms with Gasteiger partial charge in [0.2, 0.25) is 0 Å². The Morgan fingerprint density at radius 1 is 0.304 bits per heavy atom. The largest absolute Gasteiger partial charge is 0.456 e. The second kappa shape index (κ2) is 17.2. The fourth-order valence-electron chi connectivity index (χ4n) is 9.99. The molecule has 0 saturated heterocycles. The zero-order valence-corrected chi connectivity index (χ0v) is 39.0. The fourth-order valence-corrected chi connectivity index (χ4v) is 9.99. The monoisotopic (exact) mass is 886 g/mol. The SMILES string of the molecule is CC(C)(C)c1ccc(-c2ccccc2N(c2cccc(-c3ccccc3)c2)c2ccc3cc4c(cc3c2)oc2cc3cc(N(c5ccccc5)c5ccccc5-c5ccccc5)ccc3cc24)cc1. The maximum absolute atomic E-state index is 6.83. The molecule has 0 N–H and O–H groups in total. The zero-order valence-electron chi connectivity index (χ0n) is 39.0. The number of benzene rings is 11. The Balaban J connectivity index is 0.973. The fraction of sp³-hybridized carbons (Fsp3) is 0.0606. The van der Waals surface area contributed by atoms with Gasteiger partial charge in [0.15, 0.2) is 0 Å². The molecule has 3 nitrogen and oxygen atoms in total. The molecular formula is C66H50N2O. The quantitative estimate of drug-likeness (QED) is 0.144. The smallest absolute Gasteiger partial charge is 0.136 e. The predicted molar refractivity (Wildman–Crippen MR) is 293 cm³/mol. The number of para-hydroxylation sites is 3. The summed E-state index contributed by atoms with van der Waals surface area (Å²) >= 11 is 0.